The fourth-order valence-electron chi connectivity index (χ4n) is 14.6. The van der Waals surface area contributed by atoms with E-state index in [4.69, 9.17) is 83.4 Å². The fourth-order valence-corrected chi connectivity index (χ4v) is 17.3. The lowest BCUT2D eigenvalue weighted by molar-refractivity contribution is -0.181. The number of rotatable bonds is 40. The second kappa shape index (κ2) is 42.9. The fraction of sp³-hybridized carbons (Fsp3) is 0.486. The largest absolute Gasteiger partial charge is 0.472 e. The van der Waals surface area contributed by atoms with E-state index in [0.29, 0.717) is 38.5 Å². The number of carbonyl (C=O) groups is 4. The normalized spacial score (nSPS) is 26.0. The number of hydrogen-bond acceptors (Lipinski definition) is 39. The number of fused-ring (bicyclic) bond motifs is 2. The first-order valence-electron chi connectivity index (χ1n) is 39.7. The van der Waals surface area contributed by atoms with Crippen molar-refractivity contribution >= 4 is 101 Å². The number of likely N-dealkylation sites (N-methyl/N-ethyl adjacent to an activating group) is 2. The van der Waals surface area contributed by atoms with Crippen molar-refractivity contribution < 1.29 is 147 Å². The van der Waals surface area contributed by atoms with Crippen LogP contribution in [-0.2, 0) is 115 Å². The van der Waals surface area contributed by atoms with E-state index in [9.17, 15) is 91.7 Å². The van der Waals surface area contributed by atoms with Gasteiger partial charge in [0.15, 0.2) is 66.3 Å². The average Bonchev–Trinajstić information content (AvgIpc) is 1.61. The number of nitrogens with two attached hydrogens (primary N) is 4. The minimum absolute atomic E-state index is 0.00441. The minimum Gasteiger partial charge on any atom is -0.455 e. The van der Waals surface area contributed by atoms with Crippen LogP contribution in [-0.4, -0.2) is 275 Å². The number of ether oxygens (including phenoxy) is 8. The summed E-state index contributed by atoms with van der Waals surface area (Å²) in [5, 5.41) is 34.8. The predicted molar refractivity (Wildman–Crippen MR) is 441 cm³/mol. The van der Waals surface area contributed by atoms with E-state index in [0.717, 1.165) is 39.1 Å². The number of aliphatic hydroxyl groups is 3. The van der Waals surface area contributed by atoms with Crippen LogP contribution in [0.25, 0.3) is 22.3 Å². The van der Waals surface area contributed by atoms with Crippen LogP contribution in [0.1, 0.15) is 87.4 Å². The third-order valence-electron chi connectivity index (χ3n) is 21.1. The van der Waals surface area contributed by atoms with Gasteiger partial charge >= 0.3 is 54.6 Å². The zero-order valence-corrected chi connectivity index (χ0v) is 72.3. The molecule has 5 aliphatic heterocycles. The van der Waals surface area contributed by atoms with Crippen molar-refractivity contribution in [2.45, 2.75) is 181 Å². The molecule has 0 bridgehead atoms. The van der Waals surface area contributed by atoms with Crippen LogP contribution in [0.15, 0.2) is 145 Å². The summed E-state index contributed by atoms with van der Waals surface area (Å²) in [5.74, 6) is -3.03. The van der Waals surface area contributed by atoms with Crippen molar-refractivity contribution in [1.29, 1.82) is 0 Å². The van der Waals surface area contributed by atoms with E-state index >= 15 is 0 Å². The molecule has 8 aromatic rings. The number of aryl methyl sites for hydroxylation is 2. The molecule has 5 saturated heterocycles. The van der Waals surface area contributed by atoms with E-state index in [1.165, 1.54) is 64.0 Å². The molecule has 0 spiro atoms. The van der Waals surface area contributed by atoms with Gasteiger partial charge in [0.25, 0.3) is 0 Å². The molecular formula is C74H96N18O33P4. The molecule has 2 amide bonds. The lowest BCUT2D eigenvalue weighted by Crippen LogP contribution is -2.47. The number of allylic oxidation sites excluding steroid dienone is 2. The van der Waals surface area contributed by atoms with Crippen LogP contribution in [0.3, 0.4) is 0 Å². The molecule has 0 saturated carbocycles. The standard InChI is InChI=1S/C39H51N9O17P2.C35H45N9O16P2/c1-3-4-11-27(49)46(2)23(14-13-22-9-6-5-7-10-22)38(51)64-31-24(61-36(30(31)50)48-21-44-29-34(41)42-20-43-35(29)48)19-60-67(56,57)65-32-25(18-59-66(53,54)55)62-37(33(32)63-28-12-8-17-58-28)47-16-15-26(40)45-39(47)52;1-3-4-10-24(45)42(2)20(12-11-19-8-6-5-7-9-19)34(48)59-28-21(57-33(26(28)46)44-18-40-25-30(37)38-17-39-31(25)44)16-56-62(53,54)60-29-22(15-55-61(50,51)52)58-32(27(29)47)43-14-13-23(36)41-35(43)49/h3,5-7,9-10,15-16,20-21,23-25,28,30-33,36-37,50H,1,4,8,11-14,17-19H2,2H3,(H,56,57)(H2,40,45,52)(H2,41,42,43)(H2,53,54,55);3,5-9,13-14,17-18,20-22,26-29,32-33,46-47H,1,4,10-12,15-16H2,2H3,(H,53,54)(H2,36,41,49)(H2,37,38,39)(H2,50,51,52)/t23-,24+,25+,28?,30+,31+,32+,33+,36+,37+;20-,21+,22+,26+,27+,28+,29+,32+,33+/m00/s1. The Kier molecular flexibility index (Phi) is 32.6. The number of benzene rings is 2. The van der Waals surface area contributed by atoms with Crippen molar-refractivity contribution in [2.75, 3.05) is 70.1 Å². The van der Waals surface area contributed by atoms with Gasteiger partial charge in [0, 0.05) is 52.4 Å². The predicted octanol–water partition coefficient (Wildman–Crippen LogP) is 0.588. The van der Waals surface area contributed by atoms with Gasteiger partial charge < -0.3 is 115 Å². The lowest BCUT2D eigenvalue weighted by Gasteiger charge is -2.30. The number of aliphatic hydroxyl groups excluding tert-OH is 3. The van der Waals surface area contributed by atoms with Gasteiger partial charge in [0.2, 0.25) is 11.8 Å². The van der Waals surface area contributed by atoms with Crippen molar-refractivity contribution in [3.8, 4) is 0 Å². The second-order valence-electron chi connectivity index (χ2n) is 29.8. The lowest BCUT2D eigenvalue weighted by atomic mass is 10.0. The molecule has 55 heteroatoms. The summed E-state index contributed by atoms with van der Waals surface area (Å²) in [6, 6.07) is 18.4. The molecule has 2 aromatic carbocycles. The molecule has 0 radical (unpaired) electrons. The molecule has 13 rings (SSSR count). The van der Waals surface area contributed by atoms with Crippen molar-refractivity contribution in [1.82, 2.24) is 67.9 Å². The number of nitrogen functional groups attached to an aromatic ring is 4. The van der Waals surface area contributed by atoms with Crippen molar-refractivity contribution in [3.63, 3.8) is 0 Å². The molecule has 11 heterocycles. The van der Waals surface area contributed by atoms with E-state index < -0.39 is 209 Å². The summed E-state index contributed by atoms with van der Waals surface area (Å²) < 4.78 is 134. The summed E-state index contributed by atoms with van der Waals surface area (Å²) in [7, 11) is -18.3. The van der Waals surface area contributed by atoms with E-state index in [2.05, 4.69) is 57.6 Å². The van der Waals surface area contributed by atoms with Gasteiger partial charge in [0.1, 0.15) is 108 Å². The average molecular weight is 1890 g/mol. The van der Waals surface area contributed by atoms with Crippen LogP contribution in [0.5, 0.6) is 0 Å². The molecule has 17 N–H and O–H groups in total. The van der Waals surface area contributed by atoms with Gasteiger partial charge in [-0.05, 0) is 68.2 Å². The van der Waals surface area contributed by atoms with Gasteiger partial charge in [-0.1, -0.05) is 72.8 Å². The Hall–Kier alpha value is -10.1. The van der Waals surface area contributed by atoms with E-state index in [1.807, 2.05) is 60.7 Å². The number of amides is 2. The van der Waals surface area contributed by atoms with Gasteiger partial charge in [-0.25, -0.2) is 67.3 Å². The Morgan fingerprint density at radius 1 is 0.519 bits per heavy atom. The first kappa shape index (κ1) is 98.0. The summed E-state index contributed by atoms with van der Waals surface area (Å²) in [6.07, 6.45) is -14.9. The van der Waals surface area contributed by atoms with Crippen LogP contribution in [0, 0.1) is 0 Å². The minimum atomic E-state index is -5.42. The number of anilines is 4. The molecular weight excluding hydrogens is 1790 g/mol. The number of esters is 2. The molecule has 21 atom stereocenters. The van der Waals surface area contributed by atoms with Gasteiger partial charge in [-0.2, -0.15) is 9.97 Å². The zero-order chi connectivity index (χ0) is 93.0. The van der Waals surface area contributed by atoms with Crippen LogP contribution >= 0.6 is 31.3 Å². The van der Waals surface area contributed by atoms with Crippen molar-refractivity contribution in [3.05, 3.63) is 168 Å². The number of carbonyl (C=O) groups excluding carboxylic acids is 4. The molecule has 3 unspecified atom stereocenters. The highest BCUT2D eigenvalue weighted by molar-refractivity contribution is 7.47. The first-order chi connectivity index (χ1) is 61.3. The smallest absolute Gasteiger partial charge is 0.455 e. The molecule has 51 nitrogen and oxygen atoms in total. The Morgan fingerprint density at radius 3 is 1.32 bits per heavy atom. The van der Waals surface area contributed by atoms with Gasteiger partial charge in [0.05, 0.1) is 39.1 Å². The van der Waals surface area contributed by atoms with Crippen LogP contribution < -0.4 is 34.3 Å². The van der Waals surface area contributed by atoms with Crippen LogP contribution in [0.4, 0.5) is 23.3 Å². The highest BCUT2D eigenvalue weighted by Gasteiger charge is 2.57. The zero-order valence-electron chi connectivity index (χ0n) is 68.7. The molecule has 5 aliphatic rings. The second-order valence-corrected chi connectivity index (χ2v) is 35.1. The maximum absolute atomic E-state index is 14.3. The molecule has 6 aromatic heterocycles. The third kappa shape index (κ3) is 24.8. The Balaban J connectivity index is 0.000000234. The number of phosphoric ester groups is 4. The number of aromatic nitrogens is 12. The summed E-state index contributed by atoms with van der Waals surface area (Å²) in [6.45, 7) is 3.74. The number of imidazole rings is 2. The monoisotopic (exact) mass is 1890 g/mol. The van der Waals surface area contributed by atoms with Gasteiger partial charge in [-0.15, -0.1) is 13.2 Å². The van der Waals surface area contributed by atoms with E-state index in [-0.39, 0.29) is 77.9 Å². The molecule has 0 aliphatic carbocycles. The maximum Gasteiger partial charge on any atom is 0.472 e. The summed E-state index contributed by atoms with van der Waals surface area (Å²) >= 11 is 0. The molecule has 129 heavy (non-hydrogen) atoms. The Bertz CT molecular complexity index is 5580. The highest BCUT2D eigenvalue weighted by atomic mass is 31.2. The third-order valence-corrected chi connectivity index (χ3v) is 24.0. The number of nitrogens with zero attached hydrogens (tertiary/aromatic N) is 14. The van der Waals surface area contributed by atoms with E-state index in [1.54, 1.807) is 12.2 Å². The molecule has 5 fully saturated rings. The molecule has 700 valence electrons. The van der Waals surface area contributed by atoms with Gasteiger partial charge in [-0.3, -0.25) is 55.0 Å². The SMILES string of the molecule is C=CCCC(=O)N(C)[C@@H](CCc1ccccc1)C(=O)O[C@H]1[C@@H](O)[C@H](n2cnc3c(N)ncnc32)O[C@@H]1COP(=O)(O)O[C@H]1[C@@H](O)[C@H](n2ccc(N)nc2=O)O[C@@H]1COP(=O)(O)O.C=CCCC(=O)N(C)[C@@H](CCc1ccccc1)C(=O)O[C@H]1[C@@H](O)[C@H](n2cnc3c(N)ncnc32)O[C@@H]1COP(=O)(O)O[C@H]1[C@@H](OC2CCCO2)[C@H](n2ccc(N)nc2=O)O[C@@H]1COP(=O)(O)O. The summed E-state index contributed by atoms with van der Waals surface area (Å²) in [4.78, 5) is 175. The Morgan fingerprint density at radius 2 is 0.907 bits per heavy atom. The Labute approximate surface area is 731 Å². The van der Waals surface area contributed by atoms with Crippen molar-refractivity contribution in [2.24, 2.45) is 0 Å². The topological polar surface area (TPSA) is 715 Å². The number of phosphoric acid groups is 4. The maximum atomic E-state index is 14.3. The quantitative estimate of drug-likeness (QED) is 0.0142. The van der Waals surface area contributed by atoms with Crippen LogP contribution in [0.2, 0.25) is 0 Å². The highest BCUT2D eigenvalue weighted by Crippen LogP contribution is 2.53. The summed E-state index contributed by atoms with van der Waals surface area (Å²) in [5.41, 5.74) is 23.5. The first-order valence-corrected chi connectivity index (χ1v) is 45.8. The number of hydrogen-bond donors (Lipinski definition) is 13.